The van der Waals surface area contributed by atoms with E-state index in [0.29, 0.717) is 36.8 Å². The zero-order valence-corrected chi connectivity index (χ0v) is 19.1. The van der Waals surface area contributed by atoms with Gasteiger partial charge in [0.1, 0.15) is 0 Å². The SMILES string of the molecule is CCN(CC)CCN1C(=O)[C@@H]2CN(C(=O)[C@@H]3C[C@H]3C)C[C@]2(C)NC(=O)c2ccccc21. The van der Waals surface area contributed by atoms with E-state index in [2.05, 4.69) is 31.0 Å². The predicted octanol–water partition coefficient (Wildman–Crippen LogP) is 1.98. The molecular formula is C24H34N4O3. The quantitative estimate of drug-likeness (QED) is 0.755. The molecule has 1 aliphatic carbocycles. The van der Waals surface area contributed by atoms with Crippen LogP contribution in [0.5, 0.6) is 0 Å². The molecular weight excluding hydrogens is 392 g/mol. The number of nitrogens with zero attached hydrogens (tertiary/aromatic N) is 3. The first kappa shape index (κ1) is 21.8. The van der Waals surface area contributed by atoms with E-state index in [0.717, 1.165) is 26.1 Å². The Labute approximate surface area is 184 Å². The van der Waals surface area contributed by atoms with E-state index in [1.165, 1.54) is 0 Å². The van der Waals surface area contributed by atoms with Gasteiger partial charge in [-0.2, -0.15) is 0 Å². The number of anilines is 1. The third-order valence-electron chi connectivity index (χ3n) is 7.37. The molecule has 1 aromatic rings. The topological polar surface area (TPSA) is 73.0 Å². The van der Waals surface area contributed by atoms with Crippen molar-refractivity contribution >= 4 is 23.4 Å². The van der Waals surface area contributed by atoms with Crippen LogP contribution < -0.4 is 10.2 Å². The van der Waals surface area contributed by atoms with E-state index in [-0.39, 0.29) is 23.6 Å². The van der Waals surface area contributed by atoms with Crippen LogP contribution in [0, 0.1) is 17.8 Å². The molecule has 0 bridgehead atoms. The molecule has 1 saturated carbocycles. The highest BCUT2D eigenvalue weighted by Gasteiger charge is 2.54. The van der Waals surface area contributed by atoms with Gasteiger partial charge < -0.3 is 20.0 Å². The van der Waals surface area contributed by atoms with Crippen LogP contribution in [0.2, 0.25) is 0 Å². The number of benzene rings is 1. The molecule has 0 unspecified atom stereocenters. The maximum absolute atomic E-state index is 13.9. The summed E-state index contributed by atoms with van der Waals surface area (Å²) in [6.07, 6.45) is 0.915. The van der Waals surface area contributed by atoms with Gasteiger partial charge in [-0.05, 0) is 44.5 Å². The van der Waals surface area contributed by atoms with Gasteiger partial charge in [-0.25, -0.2) is 0 Å². The molecule has 7 heteroatoms. The Morgan fingerprint density at radius 3 is 2.55 bits per heavy atom. The van der Waals surface area contributed by atoms with Crippen molar-refractivity contribution in [3.05, 3.63) is 29.8 Å². The van der Waals surface area contributed by atoms with Crippen molar-refractivity contribution in [2.45, 2.75) is 39.7 Å². The van der Waals surface area contributed by atoms with Crippen molar-refractivity contribution in [1.29, 1.82) is 0 Å². The average Bonchev–Trinajstić information content (AvgIpc) is 3.39. The summed E-state index contributed by atoms with van der Waals surface area (Å²) in [6.45, 7) is 12.0. The number of hydrogen-bond donors (Lipinski definition) is 1. The van der Waals surface area contributed by atoms with Crippen LogP contribution in [0.15, 0.2) is 24.3 Å². The number of carbonyl (C=O) groups is 3. The third kappa shape index (κ3) is 3.95. The number of nitrogens with one attached hydrogen (secondary N) is 1. The lowest BCUT2D eigenvalue weighted by Gasteiger charge is -2.38. The maximum Gasteiger partial charge on any atom is 0.253 e. The number of para-hydroxylation sites is 1. The first-order valence-corrected chi connectivity index (χ1v) is 11.5. The molecule has 2 fully saturated rings. The van der Waals surface area contributed by atoms with Crippen molar-refractivity contribution in [2.75, 3.05) is 44.2 Å². The minimum atomic E-state index is -0.775. The molecule has 168 valence electrons. The van der Waals surface area contributed by atoms with Gasteiger partial charge in [-0.3, -0.25) is 14.4 Å². The van der Waals surface area contributed by atoms with Crippen LogP contribution in [-0.4, -0.2) is 72.3 Å². The van der Waals surface area contributed by atoms with Crippen LogP contribution >= 0.6 is 0 Å². The van der Waals surface area contributed by atoms with Crippen LogP contribution in [0.25, 0.3) is 0 Å². The van der Waals surface area contributed by atoms with Crippen molar-refractivity contribution in [3.63, 3.8) is 0 Å². The second-order valence-electron chi connectivity index (χ2n) is 9.50. The van der Waals surface area contributed by atoms with Crippen molar-refractivity contribution in [1.82, 2.24) is 15.1 Å². The standard InChI is InChI=1S/C24H34N4O3/c1-5-26(6-2)11-12-28-20-10-8-7-9-17(20)21(29)25-24(4)15-27(14-19(24)23(28)31)22(30)18-13-16(18)3/h7-10,16,18-19H,5-6,11-15H2,1-4H3,(H,25,29)/t16-,18-,19+,24+/m1/s1. The Hall–Kier alpha value is -2.41. The molecule has 1 N–H and O–H groups in total. The zero-order valence-electron chi connectivity index (χ0n) is 19.1. The number of likely N-dealkylation sites (N-methyl/N-ethyl adjacent to an activating group) is 1. The highest BCUT2D eigenvalue weighted by atomic mass is 16.2. The summed E-state index contributed by atoms with van der Waals surface area (Å²) < 4.78 is 0. The number of carbonyl (C=O) groups excluding carboxylic acids is 3. The lowest BCUT2D eigenvalue weighted by atomic mass is 9.86. The summed E-state index contributed by atoms with van der Waals surface area (Å²) in [5.41, 5.74) is 0.388. The summed E-state index contributed by atoms with van der Waals surface area (Å²) in [5.74, 6) is -0.0588. The molecule has 1 saturated heterocycles. The molecule has 3 aliphatic rings. The number of rotatable bonds is 6. The van der Waals surface area contributed by atoms with Gasteiger partial charge in [-0.1, -0.05) is 32.9 Å². The molecule has 2 aliphatic heterocycles. The molecule has 1 aromatic carbocycles. The van der Waals surface area contributed by atoms with Crippen molar-refractivity contribution in [3.8, 4) is 0 Å². The normalized spacial score (nSPS) is 29.9. The van der Waals surface area contributed by atoms with Gasteiger partial charge in [0, 0.05) is 32.1 Å². The second-order valence-corrected chi connectivity index (χ2v) is 9.50. The van der Waals surface area contributed by atoms with Gasteiger partial charge >= 0.3 is 0 Å². The number of hydrogen-bond acceptors (Lipinski definition) is 4. The van der Waals surface area contributed by atoms with E-state index >= 15 is 0 Å². The molecule has 3 amide bonds. The molecule has 4 rings (SSSR count). The van der Waals surface area contributed by atoms with Crippen LogP contribution in [0.3, 0.4) is 0 Å². The summed E-state index contributed by atoms with van der Waals surface area (Å²) in [6, 6.07) is 7.31. The summed E-state index contributed by atoms with van der Waals surface area (Å²) in [5, 5.41) is 3.12. The highest BCUT2D eigenvalue weighted by molar-refractivity contribution is 6.08. The van der Waals surface area contributed by atoms with Crippen molar-refractivity contribution in [2.24, 2.45) is 17.8 Å². The molecule has 2 heterocycles. The van der Waals surface area contributed by atoms with Crippen LogP contribution in [-0.2, 0) is 9.59 Å². The highest BCUT2D eigenvalue weighted by Crippen LogP contribution is 2.42. The number of amides is 3. The van der Waals surface area contributed by atoms with E-state index in [1.54, 1.807) is 15.9 Å². The molecule has 0 spiro atoms. The minimum absolute atomic E-state index is 0.0127. The molecule has 0 aromatic heterocycles. The summed E-state index contributed by atoms with van der Waals surface area (Å²) in [7, 11) is 0. The maximum atomic E-state index is 13.9. The molecule has 31 heavy (non-hydrogen) atoms. The first-order chi connectivity index (χ1) is 14.8. The molecule has 4 atom stereocenters. The van der Waals surface area contributed by atoms with Crippen LogP contribution in [0.4, 0.5) is 5.69 Å². The number of fused-ring (bicyclic) bond motifs is 2. The summed E-state index contributed by atoms with van der Waals surface area (Å²) >= 11 is 0. The van der Waals surface area contributed by atoms with E-state index in [9.17, 15) is 14.4 Å². The number of likely N-dealkylation sites (tertiary alicyclic amines) is 1. The Bertz CT molecular complexity index is 883. The lowest BCUT2D eigenvalue weighted by molar-refractivity contribution is -0.132. The van der Waals surface area contributed by atoms with Gasteiger partial charge in [0.25, 0.3) is 5.91 Å². The van der Waals surface area contributed by atoms with Crippen LogP contribution in [0.1, 0.15) is 44.5 Å². The van der Waals surface area contributed by atoms with Gasteiger partial charge in [-0.15, -0.1) is 0 Å². The largest absolute Gasteiger partial charge is 0.344 e. The zero-order chi connectivity index (χ0) is 22.3. The lowest BCUT2D eigenvalue weighted by Crippen LogP contribution is -2.59. The Kier molecular flexibility index (Phi) is 5.81. The molecule has 7 nitrogen and oxygen atoms in total. The van der Waals surface area contributed by atoms with Gasteiger partial charge in [0.2, 0.25) is 11.8 Å². The Morgan fingerprint density at radius 1 is 1.23 bits per heavy atom. The molecule has 0 radical (unpaired) electrons. The monoisotopic (exact) mass is 426 g/mol. The minimum Gasteiger partial charge on any atom is -0.344 e. The fourth-order valence-electron chi connectivity index (χ4n) is 5.09. The fourth-order valence-corrected chi connectivity index (χ4v) is 5.09. The van der Waals surface area contributed by atoms with E-state index < -0.39 is 11.5 Å². The fraction of sp³-hybridized carbons (Fsp3) is 0.625. The predicted molar refractivity (Wildman–Crippen MR) is 120 cm³/mol. The second kappa shape index (κ2) is 8.26. The van der Waals surface area contributed by atoms with E-state index in [1.807, 2.05) is 25.1 Å². The smallest absolute Gasteiger partial charge is 0.253 e. The third-order valence-corrected chi connectivity index (χ3v) is 7.37. The average molecular weight is 427 g/mol. The Balaban J connectivity index is 1.67. The first-order valence-electron chi connectivity index (χ1n) is 11.5. The van der Waals surface area contributed by atoms with Crippen molar-refractivity contribution < 1.29 is 14.4 Å². The summed E-state index contributed by atoms with van der Waals surface area (Å²) in [4.78, 5) is 45.9. The Morgan fingerprint density at radius 2 is 1.90 bits per heavy atom. The van der Waals surface area contributed by atoms with E-state index in [4.69, 9.17) is 0 Å². The van der Waals surface area contributed by atoms with Gasteiger partial charge in [0.15, 0.2) is 0 Å². The van der Waals surface area contributed by atoms with Gasteiger partial charge in [0.05, 0.1) is 22.7 Å².